The maximum Gasteiger partial charge on any atom is 0.305 e. The van der Waals surface area contributed by atoms with Crippen molar-refractivity contribution in [1.29, 1.82) is 0 Å². The summed E-state index contributed by atoms with van der Waals surface area (Å²) in [5.41, 5.74) is 0. The fourth-order valence-corrected chi connectivity index (χ4v) is 4.74. The highest BCUT2D eigenvalue weighted by Gasteiger charge is 2.16. The number of ether oxygens (including phenoxy) is 1. The van der Waals surface area contributed by atoms with Crippen molar-refractivity contribution in [2.45, 2.75) is 37.4 Å². The molecule has 0 aliphatic carbocycles. The van der Waals surface area contributed by atoms with Crippen molar-refractivity contribution in [1.82, 2.24) is 0 Å². The molecule has 0 saturated carbocycles. The van der Waals surface area contributed by atoms with Gasteiger partial charge in [0, 0.05) is 17.4 Å². The Hall–Kier alpha value is 0.860. The summed E-state index contributed by atoms with van der Waals surface area (Å²) in [5.74, 6) is 1.26. The number of hydrogen-bond donors (Lipinski definition) is 0. The Balaban J connectivity index is 0.00000324. The molecule has 0 spiro atoms. The Morgan fingerprint density at radius 3 is 2.63 bits per heavy atom. The topological polar surface area (TPSA) is 26.3 Å². The minimum atomic E-state index is -0.0306. The molecule has 0 aromatic rings. The predicted molar refractivity (Wildman–Crippen MR) is 80.8 cm³/mol. The second-order valence-corrected chi connectivity index (χ2v) is 8.60. The van der Waals surface area contributed by atoms with Gasteiger partial charge in [-0.3, -0.25) is 4.79 Å². The third-order valence-corrected chi connectivity index (χ3v) is 5.92. The van der Waals surface area contributed by atoms with E-state index in [0.29, 0.717) is 13.0 Å². The van der Waals surface area contributed by atoms with E-state index in [1.165, 1.54) is 18.6 Å². The van der Waals surface area contributed by atoms with Gasteiger partial charge in [-0.2, -0.15) is 0 Å². The maximum atomic E-state index is 11.5. The van der Waals surface area contributed by atoms with Crippen LogP contribution in [-0.2, 0) is 9.53 Å². The first-order valence-corrected chi connectivity index (χ1v) is 9.10. The molecule has 0 bridgehead atoms. The summed E-state index contributed by atoms with van der Waals surface area (Å²) in [4.78, 5) is 11.5. The second kappa shape index (κ2) is 10.6. The number of carbonyl (C=O) groups excluding carboxylic acids is 1. The minimum Gasteiger partial charge on any atom is -1.00 e. The number of unbranched alkanes of at least 4 members (excludes halogenated alkanes) is 1. The van der Waals surface area contributed by atoms with Crippen LogP contribution in [0.2, 0.25) is 0 Å². The first-order chi connectivity index (χ1) is 8.47. The van der Waals surface area contributed by atoms with E-state index in [1.54, 1.807) is 0 Å². The average Bonchev–Trinajstić information content (AvgIpc) is 2.75. The van der Waals surface area contributed by atoms with Crippen molar-refractivity contribution in [2.24, 2.45) is 0 Å². The van der Waals surface area contributed by atoms with Gasteiger partial charge in [0.1, 0.15) is 13.2 Å². The van der Waals surface area contributed by atoms with Crippen molar-refractivity contribution >= 4 is 27.6 Å². The number of quaternary nitrogens is 1. The van der Waals surface area contributed by atoms with Crippen molar-refractivity contribution in [3.63, 3.8) is 0 Å². The van der Waals surface area contributed by atoms with Crippen LogP contribution in [0.5, 0.6) is 0 Å². The smallest absolute Gasteiger partial charge is 0.305 e. The molecule has 1 aliphatic heterocycles. The lowest BCUT2D eigenvalue weighted by atomic mass is 10.1. The van der Waals surface area contributed by atoms with E-state index in [4.69, 9.17) is 4.74 Å². The summed E-state index contributed by atoms with van der Waals surface area (Å²) in [7, 11) is 10.3. The summed E-state index contributed by atoms with van der Waals surface area (Å²) < 4.78 is 6.06. The van der Waals surface area contributed by atoms with Gasteiger partial charge >= 0.3 is 5.97 Å². The fraction of sp³-hybridized carbons (Fsp3) is 0.923. The molecule has 1 fully saturated rings. The van der Waals surface area contributed by atoms with Gasteiger partial charge in [-0.05, 0) is 19.3 Å². The molecule has 114 valence electrons. The highest BCUT2D eigenvalue weighted by atomic mass is 127. The molecule has 0 N–H and O–H groups in total. The molecule has 1 aliphatic rings. The number of carbonyl (C=O) groups is 1. The van der Waals surface area contributed by atoms with Crippen LogP contribution < -0.4 is 24.0 Å². The van der Waals surface area contributed by atoms with Crippen LogP contribution >= 0.6 is 21.6 Å². The largest absolute Gasteiger partial charge is 1.00 e. The molecule has 0 aromatic carbocycles. The number of halogens is 1. The van der Waals surface area contributed by atoms with Gasteiger partial charge in [0.2, 0.25) is 0 Å². The molecule has 0 aromatic heterocycles. The van der Waals surface area contributed by atoms with Crippen LogP contribution in [0.15, 0.2) is 0 Å². The molecule has 0 amide bonds. The summed E-state index contributed by atoms with van der Waals surface area (Å²) in [6.45, 7) is 1.42. The average molecular weight is 419 g/mol. The van der Waals surface area contributed by atoms with E-state index >= 15 is 0 Å². The van der Waals surface area contributed by atoms with Crippen LogP contribution in [0.4, 0.5) is 0 Å². The zero-order chi connectivity index (χ0) is 13.4. The van der Waals surface area contributed by atoms with Crippen LogP contribution in [0.3, 0.4) is 0 Å². The Labute approximate surface area is 142 Å². The Kier molecular flexibility index (Phi) is 11.0. The van der Waals surface area contributed by atoms with E-state index in [2.05, 4.69) is 21.1 Å². The Bertz CT molecular complexity index is 254. The molecule has 19 heavy (non-hydrogen) atoms. The monoisotopic (exact) mass is 419 g/mol. The van der Waals surface area contributed by atoms with Gasteiger partial charge in [0.15, 0.2) is 0 Å². The zero-order valence-corrected chi connectivity index (χ0v) is 16.0. The minimum absolute atomic E-state index is 0. The first-order valence-electron chi connectivity index (χ1n) is 6.72. The number of likely N-dealkylation sites (N-methyl/N-ethyl adjacent to an activating group) is 1. The van der Waals surface area contributed by atoms with Gasteiger partial charge in [0.05, 0.1) is 21.1 Å². The lowest BCUT2D eigenvalue weighted by molar-refractivity contribution is -0.870. The van der Waals surface area contributed by atoms with Gasteiger partial charge < -0.3 is 33.2 Å². The fourth-order valence-electron chi connectivity index (χ4n) is 1.71. The van der Waals surface area contributed by atoms with E-state index < -0.39 is 0 Å². The van der Waals surface area contributed by atoms with E-state index in [-0.39, 0.29) is 29.9 Å². The summed E-state index contributed by atoms with van der Waals surface area (Å²) in [5, 5.41) is 0.823. The van der Waals surface area contributed by atoms with Crippen LogP contribution in [-0.4, -0.2) is 55.7 Å². The van der Waals surface area contributed by atoms with Crippen LogP contribution in [0.25, 0.3) is 0 Å². The highest BCUT2D eigenvalue weighted by molar-refractivity contribution is 8.77. The summed E-state index contributed by atoms with van der Waals surface area (Å²) in [6.07, 6.45) is 5.31. The molecular weight excluding hydrogens is 393 g/mol. The van der Waals surface area contributed by atoms with Crippen molar-refractivity contribution < 1.29 is 38.0 Å². The second-order valence-electron chi connectivity index (χ2n) is 5.81. The lowest BCUT2D eigenvalue weighted by Crippen LogP contribution is -3.00. The molecule has 0 unspecified atom stereocenters. The molecule has 1 saturated heterocycles. The standard InChI is InChI=1S/C13H26NO2S2.HI/c1-14(2,3)9-10-16-13(15)7-5-4-6-12-8-11-17-18-12;/h12H,4-11H2,1-3H3;1H/q+1;/p-1/t12-;/m1./s1. The SMILES string of the molecule is C[N+](C)(C)CCOC(=O)CCCC[C@@H]1CCSS1.[I-]. The molecule has 1 rings (SSSR count). The van der Waals surface area contributed by atoms with Crippen molar-refractivity contribution in [3.05, 3.63) is 0 Å². The van der Waals surface area contributed by atoms with Crippen LogP contribution in [0.1, 0.15) is 32.1 Å². The molecule has 1 heterocycles. The number of rotatable bonds is 8. The number of nitrogens with zero attached hydrogens (tertiary/aromatic N) is 1. The predicted octanol–water partition coefficient (Wildman–Crippen LogP) is -0.0461. The van der Waals surface area contributed by atoms with Gasteiger partial charge in [0.25, 0.3) is 0 Å². The van der Waals surface area contributed by atoms with Gasteiger partial charge in [-0.25, -0.2) is 0 Å². The van der Waals surface area contributed by atoms with E-state index in [1.807, 2.05) is 21.6 Å². The highest BCUT2D eigenvalue weighted by Crippen LogP contribution is 2.39. The maximum absolute atomic E-state index is 11.5. The third-order valence-electron chi connectivity index (χ3n) is 2.91. The third kappa shape index (κ3) is 11.2. The molecular formula is C13H26INO2S2. The van der Waals surface area contributed by atoms with Crippen LogP contribution in [0, 0.1) is 0 Å². The Morgan fingerprint density at radius 2 is 2.05 bits per heavy atom. The molecule has 1 atom stereocenters. The summed E-state index contributed by atoms with van der Waals surface area (Å²) >= 11 is 0. The van der Waals surface area contributed by atoms with E-state index in [0.717, 1.165) is 29.1 Å². The first kappa shape index (κ1) is 19.9. The zero-order valence-electron chi connectivity index (χ0n) is 12.2. The van der Waals surface area contributed by atoms with E-state index in [9.17, 15) is 4.79 Å². The molecule has 6 heteroatoms. The number of esters is 1. The lowest BCUT2D eigenvalue weighted by Gasteiger charge is -2.23. The van der Waals surface area contributed by atoms with Crippen molar-refractivity contribution in [2.75, 3.05) is 40.0 Å². The normalized spacial score (nSPS) is 19.0. The molecule has 0 radical (unpaired) electrons. The van der Waals surface area contributed by atoms with Crippen molar-refractivity contribution in [3.8, 4) is 0 Å². The summed E-state index contributed by atoms with van der Waals surface area (Å²) in [6, 6.07) is 0. The number of hydrogen-bond acceptors (Lipinski definition) is 4. The molecule has 3 nitrogen and oxygen atoms in total. The van der Waals surface area contributed by atoms with Gasteiger partial charge in [-0.15, -0.1) is 0 Å². The Morgan fingerprint density at radius 1 is 1.32 bits per heavy atom. The van der Waals surface area contributed by atoms with Gasteiger partial charge in [-0.1, -0.05) is 28.0 Å². The quantitative estimate of drug-likeness (QED) is 0.181.